The lowest BCUT2D eigenvalue weighted by atomic mass is 10.0. The van der Waals surface area contributed by atoms with E-state index >= 15 is 0 Å². The number of anilines is 2. The van der Waals surface area contributed by atoms with Crippen LogP contribution in [0.1, 0.15) is 67.8 Å². The third kappa shape index (κ3) is 5.24. The maximum atomic E-state index is 12.1. The fraction of sp³-hybridized carbons (Fsp3) is 0.500. The van der Waals surface area contributed by atoms with Gasteiger partial charge in [-0.05, 0) is 47.0 Å². The van der Waals surface area contributed by atoms with Gasteiger partial charge in [0.1, 0.15) is 11.6 Å². The standard InChI is InChI=1S/C22H29N7O4/c1-5-32-21(30)17-9-18-20(24-13(4)11-29(18)28-17)25-19-10-16(26-27-19)14-6-7-15(8-14)33-22(31)23-12(2)3/h9-12,14-15H,5-8H2,1-4H3,(H,23,31)(H2,24,25,26,27)/t14-,15+/m0/s1. The molecule has 0 unspecified atom stereocenters. The molecule has 0 radical (unpaired) electrons. The Labute approximate surface area is 191 Å². The van der Waals surface area contributed by atoms with E-state index in [1.54, 1.807) is 23.7 Å². The molecule has 33 heavy (non-hydrogen) atoms. The molecular weight excluding hydrogens is 426 g/mol. The van der Waals surface area contributed by atoms with Gasteiger partial charge in [0.15, 0.2) is 17.3 Å². The number of aromatic amines is 1. The average molecular weight is 456 g/mol. The zero-order valence-electron chi connectivity index (χ0n) is 19.2. The summed E-state index contributed by atoms with van der Waals surface area (Å²) in [7, 11) is 0. The predicted molar refractivity (Wildman–Crippen MR) is 121 cm³/mol. The van der Waals surface area contributed by atoms with Gasteiger partial charge in [-0.25, -0.2) is 19.1 Å². The highest BCUT2D eigenvalue weighted by Gasteiger charge is 2.30. The molecule has 1 aliphatic rings. The Kier molecular flexibility index (Phi) is 6.47. The van der Waals surface area contributed by atoms with Crippen LogP contribution in [0.25, 0.3) is 5.52 Å². The number of aryl methyl sites for hydroxylation is 1. The number of fused-ring (bicyclic) bond motifs is 1. The second-order valence-electron chi connectivity index (χ2n) is 8.48. The molecule has 1 fully saturated rings. The summed E-state index contributed by atoms with van der Waals surface area (Å²) < 4.78 is 12.2. The van der Waals surface area contributed by atoms with Crippen molar-refractivity contribution in [3.8, 4) is 0 Å². The monoisotopic (exact) mass is 455 g/mol. The first-order chi connectivity index (χ1) is 15.8. The maximum absolute atomic E-state index is 12.1. The van der Waals surface area contributed by atoms with E-state index in [1.165, 1.54) is 0 Å². The lowest BCUT2D eigenvalue weighted by molar-refractivity contribution is 0.0519. The van der Waals surface area contributed by atoms with Gasteiger partial charge in [-0.3, -0.25) is 5.10 Å². The van der Waals surface area contributed by atoms with Crippen LogP contribution in [0, 0.1) is 6.92 Å². The normalized spacial score (nSPS) is 18.0. The molecule has 1 saturated carbocycles. The Morgan fingerprint density at radius 3 is 2.88 bits per heavy atom. The van der Waals surface area contributed by atoms with Crippen molar-refractivity contribution >= 4 is 29.2 Å². The summed E-state index contributed by atoms with van der Waals surface area (Å²) in [6.07, 6.45) is 3.71. The number of carbonyl (C=O) groups excluding carboxylic acids is 2. The van der Waals surface area contributed by atoms with Gasteiger partial charge in [0.2, 0.25) is 0 Å². The first-order valence-electron chi connectivity index (χ1n) is 11.2. The Morgan fingerprint density at radius 1 is 1.30 bits per heavy atom. The lowest BCUT2D eigenvalue weighted by Gasteiger charge is -2.14. The van der Waals surface area contributed by atoms with Crippen molar-refractivity contribution in [2.24, 2.45) is 0 Å². The van der Waals surface area contributed by atoms with E-state index in [4.69, 9.17) is 9.47 Å². The smallest absolute Gasteiger partial charge is 0.407 e. The molecule has 11 nitrogen and oxygen atoms in total. The van der Waals surface area contributed by atoms with Crippen molar-refractivity contribution in [3.05, 3.63) is 35.4 Å². The number of nitrogens with one attached hydrogen (secondary N) is 3. The van der Waals surface area contributed by atoms with Crippen molar-refractivity contribution in [2.75, 3.05) is 11.9 Å². The van der Waals surface area contributed by atoms with Gasteiger partial charge in [0, 0.05) is 29.8 Å². The molecule has 0 aliphatic heterocycles. The molecule has 3 aromatic heterocycles. The Bertz CT molecular complexity index is 1150. The molecule has 3 N–H and O–H groups in total. The number of rotatable bonds is 7. The number of H-pyrrole nitrogens is 1. The van der Waals surface area contributed by atoms with Crippen LogP contribution in [0.2, 0.25) is 0 Å². The van der Waals surface area contributed by atoms with E-state index in [2.05, 4.69) is 30.9 Å². The number of esters is 1. The molecule has 176 valence electrons. The summed E-state index contributed by atoms with van der Waals surface area (Å²) in [5.74, 6) is 0.882. The average Bonchev–Trinajstić information content (AvgIpc) is 3.46. The van der Waals surface area contributed by atoms with Crippen molar-refractivity contribution in [1.82, 2.24) is 30.1 Å². The fourth-order valence-electron chi connectivity index (χ4n) is 3.99. The van der Waals surface area contributed by atoms with Gasteiger partial charge in [-0.1, -0.05) is 0 Å². The van der Waals surface area contributed by atoms with Crippen LogP contribution in [0.3, 0.4) is 0 Å². The first-order valence-corrected chi connectivity index (χ1v) is 11.2. The highest BCUT2D eigenvalue weighted by Crippen LogP contribution is 2.36. The SMILES string of the molecule is CCOC(=O)c1cc2c(Nc3cc([C@H]4CC[C@@H](OC(=O)NC(C)C)C4)[nH]n3)nc(C)cn2n1. The number of alkyl carbamates (subject to hydrolysis) is 1. The molecule has 2 atom stereocenters. The molecule has 11 heteroatoms. The maximum Gasteiger partial charge on any atom is 0.407 e. The summed E-state index contributed by atoms with van der Waals surface area (Å²) in [5, 5.41) is 17.7. The van der Waals surface area contributed by atoms with Crippen LogP contribution >= 0.6 is 0 Å². The second kappa shape index (κ2) is 9.47. The number of carbonyl (C=O) groups is 2. The number of ether oxygens (including phenoxy) is 2. The minimum absolute atomic E-state index is 0.0433. The molecule has 1 amide bonds. The molecule has 1 aliphatic carbocycles. The van der Waals surface area contributed by atoms with Gasteiger partial charge < -0.3 is 20.1 Å². The minimum atomic E-state index is -0.480. The molecule has 3 heterocycles. The van der Waals surface area contributed by atoms with Crippen molar-refractivity contribution in [2.45, 2.75) is 65.0 Å². The predicted octanol–water partition coefficient (Wildman–Crippen LogP) is 3.45. The van der Waals surface area contributed by atoms with Crippen LogP contribution in [-0.4, -0.2) is 55.6 Å². The summed E-state index contributed by atoms with van der Waals surface area (Å²) in [6.45, 7) is 7.67. The number of hydrogen-bond donors (Lipinski definition) is 3. The fourth-order valence-corrected chi connectivity index (χ4v) is 3.99. The van der Waals surface area contributed by atoms with Crippen LogP contribution in [0.5, 0.6) is 0 Å². The number of hydrogen-bond acceptors (Lipinski definition) is 8. The Hall–Kier alpha value is -3.63. The van der Waals surface area contributed by atoms with Gasteiger partial charge in [-0.2, -0.15) is 10.2 Å². The summed E-state index contributed by atoms with van der Waals surface area (Å²) in [6, 6.07) is 3.62. The van der Waals surface area contributed by atoms with E-state index in [0.29, 0.717) is 17.2 Å². The molecule has 4 rings (SSSR count). The van der Waals surface area contributed by atoms with E-state index in [1.807, 2.05) is 26.8 Å². The van der Waals surface area contributed by atoms with Crippen molar-refractivity contribution < 1.29 is 19.1 Å². The first kappa shape index (κ1) is 22.6. The van der Waals surface area contributed by atoms with Gasteiger partial charge in [0.25, 0.3) is 0 Å². The van der Waals surface area contributed by atoms with Crippen LogP contribution < -0.4 is 10.6 Å². The van der Waals surface area contributed by atoms with Gasteiger partial charge in [0.05, 0.1) is 18.5 Å². The molecule has 3 aromatic rings. The van der Waals surface area contributed by atoms with E-state index in [-0.39, 0.29) is 36.5 Å². The molecule has 0 saturated heterocycles. The number of aromatic nitrogens is 5. The zero-order chi connectivity index (χ0) is 23.5. The Balaban J connectivity index is 1.45. The molecule has 0 aromatic carbocycles. The van der Waals surface area contributed by atoms with Crippen LogP contribution in [0.4, 0.5) is 16.4 Å². The Morgan fingerprint density at radius 2 is 2.12 bits per heavy atom. The van der Waals surface area contributed by atoms with E-state index in [0.717, 1.165) is 30.7 Å². The van der Waals surface area contributed by atoms with E-state index in [9.17, 15) is 9.59 Å². The topological polar surface area (TPSA) is 136 Å². The summed E-state index contributed by atoms with van der Waals surface area (Å²) in [5.41, 5.74) is 2.55. The zero-order valence-corrected chi connectivity index (χ0v) is 19.2. The van der Waals surface area contributed by atoms with Gasteiger partial charge >= 0.3 is 12.1 Å². The highest BCUT2D eigenvalue weighted by molar-refractivity contribution is 5.90. The third-order valence-corrected chi connectivity index (χ3v) is 5.41. The van der Waals surface area contributed by atoms with E-state index < -0.39 is 5.97 Å². The summed E-state index contributed by atoms with van der Waals surface area (Å²) in [4.78, 5) is 28.5. The second-order valence-corrected chi connectivity index (χ2v) is 8.48. The highest BCUT2D eigenvalue weighted by atomic mass is 16.6. The van der Waals surface area contributed by atoms with Crippen LogP contribution in [0.15, 0.2) is 18.3 Å². The molecular formula is C22H29N7O4. The number of amides is 1. The lowest BCUT2D eigenvalue weighted by Crippen LogP contribution is -2.33. The quantitative estimate of drug-likeness (QED) is 0.461. The third-order valence-electron chi connectivity index (χ3n) is 5.41. The van der Waals surface area contributed by atoms with Crippen molar-refractivity contribution in [3.63, 3.8) is 0 Å². The van der Waals surface area contributed by atoms with Crippen LogP contribution in [-0.2, 0) is 9.47 Å². The number of nitrogens with zero attached hydrogens (tertiary/aromatic N) is 4. The molecule has 0 bridgehead atoms. The summed E-state index contributed by atoms with van der Waals surface area (Å²) >= 11 is 0. The van der Waals surface area contributed by atoms with Crippen molar-refractivity contribution in [1.29, 1.82) is 0 Å². The van der Waals surface area contributed by atoms with Gasteiger partial charge in [-0.15, -0.1) is 0 Å². The molecule has 0 spiro atoms. The minimum Gasteiger partial charge on any atom is -0.461 e. The largest absolute Gasteiger partial charge is 0.461 e.